The van der Waals surface area contributed by atoms with Crippen LogP contribution in [0.4, 0.5) is 0 Å². The number of rotatable bonds is 4. The third-order valence-electron chi connectivity index (χ3n) is 4.22. The van der Waals surface area contributed by atoms with Crippen molar-refractivity contribution in [1.29, 1.82) is 0 Å². The molecular weight excluding hydrogens is 292 g/mol. The summed E-state index contributed by atoms with van der Waals surface area (Å²) < 4.78 is 6.96. The summed E-state index contributed by atoms with van der Waals surface area (Å²) in [6.45, 7) is 2.28. The predicted molar refractivity (Wildman–Crippen MR) is 86.9 cm³/mol. The van der Waals surface area contributed by atoms with Crippen LogP contribution in [0.25, 0.3) is 11.3 Å². The number of piperidine rings is 1. The van der Waals surface area contributed by atoms with Crippen LogP contribution in [0.1, 0.15) is 23.2 Å². The summed E-state index contributed by atoms with van der Waals surface area (Å²) in [5, 5.41) is 4.14. The van der Waals surface area contributed by atoms with Crippen LogP contribution in [0.5, 0.6) is 0 Å². The predicted octanol–water partition coefficient (Wildman–Crippen LogP) is 1.98. The maximum Gasteiger partial charge on any atom is 0.255 e. The average molecular weight is 314 g/mol. The molecule has 1 amide bonds. The molecule has 0 aromatic carbocycles. The first-order chi connectivity index (χ1) is 11.2. The highest BCUT2D eigenvalue weighted by atomic mass is 16.5. The van der Waals surface area contributed by atoms with Crippen molar-refractivity contribution in [3.63, 3.8) is 0 Å². The maximum atomic E-state index is 12.6. The van der Waals surface area contributed by atoms with E-state index in [9.17, 15) is 4.79 Å². The molecule has 6 heteroatoms. The number of aromatic nitrogens is 3. The van der Waals surface area contributed by atoms with Crippen molar-refractivity contribution < 1.29 is 9.53 Å². The third-order valence-corrected chi connectivity index (χ3v) is 4.22. The molecule has 1 saturated heterocycles. The number of nitrogens with zero attached hydrogens (tertiary/aromatic N) is 4. The number of carbonyl (C=O) groups excluding carboxylic acids is 1. The second kappa shape index (κ2) is 6.91. The average Bonchev–Trinajstić information content (AvgIpc) is 3.01. The number of amides is 1. The monoisotopic (exact) mass is 314 g/mol. The van der Waals surface area contributed by atoms with Gasteiger partial charge in [-0.15, -0.1) is 0 Å². The molecule has 2 aromatic heterocycles. The summed E-state index contributed by atoms with van der Waals surface area (Å²) >= 11 is 0. The number of hydrogen-bond donors (Lipinski definition) is 0. The molecule has 23 heavy (non-hydrogen) atoms. The molecule has 1 aliphatic heterocycles. The van der Waals surface area contributed by atoms with E-state index in [0.717, 1.165) is 37.2 Å². The van der Waals surface area contributed by atoms with Crippen LogP contribution in [0.15, 0.2) is 30.7 Å². The van der Waals surface area contributed by atoms with Crippen LogP contribution in [-0.4, -0.2) is 52.4 Å². The molecule has 0 radical (unpaired) electrons. The molecule has 1 atom stereocenters. The van der Waals surface area contributed by atoms with Crippen molar-refractivity contribution in [3.05, 3.63) is 36.3 Å². The lowest BCUT2D eigenvalue weighted by Gasteiger charge is -2.32. The Hall–Kier alpha value is -2.21. The quantitative estimate of drug-likeness (QED) is 0.866. The van der Waals surface area contributed by atoms with Crippen LogP contribution in [-0.2, 0) is 11.8 Å². The molecule has 1 aliphatic rings. The van der Waals surface area contributed by atoms with Crippen LogP contribution in [0, 0.1) is 5.92 Å². The lowest BCUT2D eigenvalue weighted by molar-refractivity contribution is 0.0570. The van der Waals surface area contributed by atoms with Crippen molar-refractivity contribution >= 4 is 5.91 Å². The molecule has 0 spiro atoms. The standard InChI is InChI=1S/C17H22N4O2/c1-20-11-15(9-19-20)16-6-5-14(8-18-16)17(22)21-7-3-4-13(10-21)12-23-2/h5-6,8-9,11,13H,3-4,7,10,12H2,1-2H3/t13-/m1/s1. The zero-order valence-electron chi connectivity index (χ0n) is 13.6. The second-order valence-electron chi connectivity index (χ2n) is 6.05. The summed E-state index contributed by atoms with van der Waals surface area (Å²) in [6, 6.07) is 3.72. The molecule has 0 bridgehead atoms. The van der Waals surface area contributed by atoms with Gasteiger partial charge in [0.1, 0.15) is 0 Å². The zero-order chi connectivity index (χ0) is 16.2. The summed E-state index contributed by atoms with van der Waals surface area (Å²) in [5.41, 5.74) is 2.41. The minimum atomic E-state index is 0.0519. The number of methoxy groups -OCH3 is 1. The van der Waals surface area contributed by atoms with Gasteiger partial charge >= 0.3 is 0 Å². The van der Waals surface area contributed by atoms with E-state index in [4.69, 9.17) is 4.74 Å². The van der Waals surface area contributed by atoms with E-state index in [1.54, 1.807) is 24.2 Å². The van der Waals surface area contributed by atoms with Gasteiger partial charge in [0.2, 0.25) is 0 Å². The van der Waals surface area contributed by atoms with Crippen molar-refractivity contribution in [2.24, 2.45) is 13.0 Å². The highest BCUT2D eigenvalue weighted by molar-refractivity contribution is 5.94. The molecule has 0 saturated carbocycles. The first kappa shape index (κ1) is 15.7. The number of likely N-dealkylation sites (tertiary alicyclic amines) is 1. The summed E-state index contributed by atoms with van der Waals surface area (Å²) in [6.07, 6.45) is 7.48. The summed E-state index contributed by atoms with van der Waals surface area (Å²) in [4.78, 5) is 18.9. The SMILES string of the molecule is COC[C@@H]1CCCN(C(=O)c2ccc(-c3cnn(C)c3)nc2)C1. The Morgan fingerprint density at radius 3 is 2.91 bits per heavy atom. The van der Waals surface area contributed by atoms with Gasteiger partial charge in [0, 0.05) is 45.2 Å². The Labute approximate surface area is 136 Å². The maximum absolute atomic E-state index is 12.6. The van der Waals surface area contributed by atoms with Crippen molar-refractivity contribution in [2.45, 2.75) is 12.8 Å². The van der Waals surface area contributed by atoms with E-state index in [-0.39, 0.29) is 5.91 Å². The van der Waals surface area contributed by atoms with E-state index >= 15 is 0 Å². The Bertz CT molecular complexity index is 663. The number of carbonyl (C=O) groups is 1. The molecule has 122 valence electrons. The Morgan fingerprint density at radius 2 is 2.26 bits per heavy atom. The Balaban J connectivity index is 1.70. The molecule has 0 N–H and O–H groups in total. The molecule has 3 rings (SSSR count). The second-order valence-corrected chi connectivity index (χ2v) is 6.05. The molecule has 1 fully saturated rings. The molecular formula is C17H22N4O2. The third kappa shape index (κ3) is 3.59. The Kier molecular flexibility index (Phi) is 4.71. The van der Waals surface area contributed by atoms with Gasteiger partial charge in [-0.1, -0.05) is 0 Å². The van der Waals surface area contributed by atoms with Gasteiger partial charge < -0.3 is 9.64 Å². The van der Waals surface area contributed by atoms with Crippen LogP contribution in [0.3, 0.4) is 0 Å². The van der Waals surface area contributed by atoms with Crippen LogP contribution >= 0.6 is 0 Å². The highest BCUT2D eigenvalue weighted by Gasteiger charge is 2.24. The van der Waals surface area contributed by atoms with Crippen molar-refractivity contribution in [3.8, 4) is 11.3 Å². The molecule has 0 unspecified atom stereocenters. The van der Waals surface area contributed by atoms with E-state index in [1.807, 2.05) is 30.3 Å². The van der Waals surface area contributed by atoms with Gasteiger partial charge in [-0.05, 0) is 30.9 Å². The molecule has 6 nitrogen and oxygen atoms in total. The molecule has 0 aliphatic carbocycles. The fraction of sp³-hybridized carbons (Fsp3) is 0.471. The summed E-state index contributed by atoms with van der Waals surface area (Å²) in [7, 11) is 3.58. The van der Waals surface area contributed by atoms with Gasteiger partial charge in [0.15, 0.2) is 0 Å². The number of pyridine rings is 1. The number of aryl methyl sites for hydroxylation is 1. The van der Waals surface area contributed by atoms with Gasteiger partial charge in [0.05, 0.1) is 24.1 Å². The van der Waals surface area contributed by atoms with E-state index in [2.05, 4.69) is 10.1 Å². The minimum Gasteiger partial charge on any atom is -0.384 e. The summed E-state index contributed by atoms with van der Waals surface area (Å²) in [5.74, 6) is 0.483. The van der Waals surface area contributed by atoms with Crippen molar-refractivity contribution in [2.75, 3.05) is 26.8 Å². The lowest BCUT2D eigenvalue weighted by atomic mass is 9.98. The molecule has 2 aromatic rings. The zero-order valence-corrected chi connectivity index (χ0v) is 13.6. The van der Waals surface area contributed by atoms with Gasteiger partial charge in [-0.2, -0.15) is 5.10 Å². The minimum absolute atomic E-state index is 0.0519. The fourth-order valence-electron chi connectivity index (χ4n) is 3.05. The first-order valence-corrected chi connectivity index (χ1v) is 7.90. The van der Waals surface area contributed by atoms with Crippen LogP contribution < -0.4 is 0 Å². The fourth-order valence-corrected chi connectivity index (χ4v) is 3.05. The molecule has 3 heterocycles. The first-order valence-electron chi connectivity index (χ1n) is 7.90. The van der Waals surface area contributed by atoms with E-state index in [0.29, 0.717) is 18.1 Å². The topological polar surface area (TPSA) is 60.2 Å². The largest absolute Gasteiger partial charge is 0.384 e. The van der Waals surface area contributed by atoms with Gasteiger partial charge in [-0.3, -0.25) is 14.5 Å². The Morgan fingerprint density at radius 1 is 1.39 bits per heavy atom. The van der Waals surface area contributed by atoms with Crippen LogP contribution in [0.2, 0.25) is 0 Å². The highest BCUT2D eigenvalue weighted by Crippen LogP contribution is 2.20. The van der Waals surface area contributed by atoms with Gasteiger partial charge in [0.25, 0.3) is 5.91 Å². The van der Waals surface area contributed by atoms with E-state index < -0.39 is 0 Å². The smallest absolute Gasteiger partial charge is 0.255 e. The number of ether oxygens (including phenoxy) is 1. The number of hydrogen-bond acceptors (Lipinski definition) is 4. The lowest BCUT2D eigenvalue weighted by Crippen LogP contribution is -2.41. The van der Waals surface area contributed by atoms with Gasteiger partial charge in [-0.25, -0.2) is 0 Å². The van der Waals surface area contributed by atoms with Crippen molar-refractivity contribution in [1.82, 2.24) is 19.7 Å². The normalized spacial score (nSPS) is 18.2. The van der Waals surface area contributed by atoms with E-state index in [1.165, 1.54) is 0 Å².